The topological polar surface area (TPSA) is 41.0 Å². The van der Waals surface area contributed by atoms with Crippen LogP contribution in [0.5, 0.6) is 0 Å². The molecule has 0 aliphatic rings. The van der Waals surface area contributed by atoms with Crippen molar-refractivity contribution in [2.45, 2.75) is 13.1 Å². The lowest BCUT2D eigenvalue weighted by atomic mass is 10.3. The highest BCUT2D eigenvalue weighted by molar-refractivity contribution is 5.06. The monoisotopic (exact) mass is 256 g/mol. The van der Waals surface area contributed by atoms with Gasteiger partial charge in [-0.3, -0.25) is 14.9 Å². The van der Waals surface area contributed by atoms with Crippen molar-refractivity contribution in [1.29, 1.82) is 0 Å². The number of rotatable bonds is 7. The molecule has 2 aromatic rings. The number of hydrogen-bond donors (Lipinski definition) is 1. The van der Waals surface area contributed by atoms with Gasteiger partial charge in [0.25, 0.3) is 0 Å². The van der Waals surface area contributed by atoms with Crippen LogP contribution in [0.4, 0.5) is 0 Å². The molecule has 0 aliphatic carbocycles. The van der Waals surface area contributed by atoms with Crippen molar-refractivity contribution in [2.75, 3.05) is 20.1 Å². The minimum absolute atomic E-state index is 0.846. The van der Waals surface area contributed by atoms with E-state index in [-0.39, 0.29) is 0 Å². The van der Waals surface area contributed by atoms with Crippen molar-refractivity contribution in [3.63, 3.8) is 0 Å². The van der Waals surface area contributed by atoms with E-state index in [9.17, 15) is 0 Å². The van der Waals surface area contributed by atoms with E-state index >= 15 is 0 Å². The van der Waals surface area contributed by atoms with E-state index in [1.165, 1.54) is 0 Å². The second kappa shape index (κ2) is 7.61. The molecule has 0 spiro atoms. The number of hydrogen-bond acceptors (Lipinski definition) is 4. The third-order valence-electron chi connectivity index (χ3n) is 2.90. The second-order valence-corrected chi connectivity index (χ2v) is 4.46. The Labute approximate surface area is 114 Å². The van der Waals surface area contributed by atoms with Gasteiger partial charge in [-0.25, -0.2) is 0 Å². The van der Waals surface area contributed by atoms with Crippen LogP contribution in [0.2, 0.25) is 0 Å². The number of pyridine rings is 2. The first-order chi connectivity index (χ1) is 9.38. The Morgan fingerprint density at radius 3 is 1.95 bits per heavy atom. The maximum Gasteiger partial charge on any atom is 0.0544 e. The first kappa shape index (κ1) is 13.6. The summed E-state index contributed by atoms with van der Waals surface area (Å²) in [6, 6.07) is 12.1. The van der Waals surface area contributed by atoms with E-state index in [4.69, 9.17) is 0 Å². The fourth-order valence-electron chi connectivity index (χ4n) is 1.93. The van der Waals surface area contributed by atoms with Crippen LogP contribution >= 0.6 is 0 Å². The Morgan fingerprint density at radius 2 is 1.53 bits per heavy atom. The Hall–Kier alpha value is -1.78. The molecular formula is C15H20N4. The van der Waals surface area contributed by atoms with Crippen molar-refractivity contribution < 1.29 is 0 Å². The van der Waals surface area contributed by atoms with Gasteiger partial charge in [0.15, 0.2) is 0 Å². The molecule has 0 aromatic carbocycles. The molecular weight excluding hydrogens is 236 g/mol. The minimum atomic E-state index is 0.846. The van der Waals surface area contributed by atoms with Gasteiger partial charge in [-0.15, -0.1) is 0 Å². The number of nitrogens with one attached hydrogen (secondary N) is 1. The summed E-state index contributed by atoms with van der Waals surface area (Å²) in [6.07, 6.45) is 3.68. The van der Waals surface area contributed by atoms with Crippen LogP contribution in [0.1, 0.15) is 11.4 Å². The molecule has 0 radical (unpaired) electrons. The third-order valence-corrected chi connectivity index (χ3v) is 2.90. The molecule has 100 valence electrons. The Morgan fingerprint density at radius 1 is 0.947 bits per heavy atom. The summed E-state index contributed by atoms with van der Waals surface area (Å²) in [5, 5.41) is 3.19. The fraction of sp³-hybridized carbons (Fsp3) is 0.333. The normalized spacial score (nSPS) is 10.8. The number of likely N-dealkylation sites (N-methyl/N-ethyl adjacent to an activating group) is 1. The maximum absolute atomic E-state index is 4.39. The number of nitrogens with zero attached hydrogens (tertiary/aromatic N) is 3. The molecule has 0 amide bonds. The molecule has 0 saturated carbocycles. The van der Waals surface area contributed by atoms with Crippen LogP contribution in [0.3, 0.4) is 0 Å². The highest BCUT2D eigenvalue weighted by Gasteiger charge is 2.07. The lowest BCUT2D eigenvalue weighted by molar-refractivity contribution is 0.252. The molecule has 0 saturated heterocycles. The Kier molecular flexibility index (Phi) is 5.47. The average Bonchev–Trinajstić information content (AvgIpc) is 2.47. The van der Waals surface area contributed by atoms with E-state index in [0.29, 0.717) is 0 Å². The van der Waals surface area contributed by atoms with E-state index in [2.05, 4.69) is 32.3 Å². The molecule has 4 nitrogen and oxygen atoms in total. The van der Waals surface area contributed by atoms with E-state index in [1.54, 1.807) is 0 Å². The predicted octanol–water partition coefficient (Wildman–Crippen LogP) is 1.70. The summed E-state index contributed by atoms with van der Waals surface area (Å²) in [6.45, 7) is 3.63. The van der Waals surface area contributed by atoms with Gasteiger partial charge >= 0.3 is 0 Å². The third kappa shape index (κ3) is 4.77. The summed E-state index contributed by atoms with van der Waals surface area (Å²) >= 11 is 0. The molecule has 0 atom stereocenters. The lowest BCUT2D eigenvalue weighted by Gasteiger charge is -2.21. The van der Waals surface area contributed by atoms with Crippen molar-refractivity contribution in [1.82, 2.24) is 20.2 Å². The zero-order chi connectivity index (χ0) is 13.3. The first-order valence-corrected chi connectivity index (χ1v) is 6.55. The van der Waals surface area contributed by atoms with Gasteiger partial charge in [-0.2, -0.15) is 0 Å². The van der Waals surface area contributed by atoms with Gasteiger partial charge in [0.2, 0.25) is 0 Å². The first-order valence-electron chi connectivity index (χ1n) is 6.55. The van der Waals surface area contributed by atoms with Crippen LogP contribution in [-0.2, 0) is 13.1 Å². The van der Waals surface area contributed by atoms with Gasteiger partial charge in [0.1, 0.15) is 0 Å². The summed E-state index contributed by atoms with van der Waals surface area (Å²) in [4.78, 5) is 11.1. The van der Waals surface area contributed by atoms with Crippen LogP contribution in [0.15, 0.2) is 48.8 Å². The zero-order valence-electron chi connectivity index (χ0n) is 11.3. The van der Waals surface area contributed by atoms with Gasteiger partial charge in [-0.1, -0.05) is 12.1 Å². The molecule has 2 rings (SSSR count). The second-order valence-electron chi connectivity index (χ2n) is 4.46. The SMILES string of the molecule is CNCCN(Cc1ccccn1)Cc1ccccn1. The van der Waals surface area contributed by atoms with Crippen molar-refractivity contribution in [3.8, 4) is 0 Å². The summed E-state index contributed by atoms with van der Waals surface area (Å²) in [5.74, 6) is 0. The molecule has 0 unspecified atom stereocenters. The fourth-order valence-corrected chi connectivity index (χ4v) is 1.93. The lowest BCUT2D eigenvalue weighted by Crippen LogP contribution is -2.30. The summed E-state index contributed by atoms with van der Waals surface area (Å²) in [5.41, 5.74) is 2.18. The summed E-state index contributed by atoms with van der Waals surface area (Å²) < 4.78 is 0. The standard InChI is InChI=1S/C15H20N4/c1-16-10-11-19(12-14-6-2-4-8-17-14)13-15-7-3-5-9-18-15/h2-9,16H,10-13H2,1H3. The van der Waals surface area contributed by atoms with Crippen molar-refractivity contribution in [3.05, 3.63) is 60.2 Å². The van der Waals surface area contributed by atoms with E-state index in [1.807, 2.05) is 43.7 Å². The highest BCUT2D eigenvalue weighted by Crippen LogP contribution is 2.05. The van der Waals surface area contributed by atoms with Gasteiger partial charge in [0.05, 0.1) is 11.4 Å². The molecule has 4 heteroatoms. The quantitative estimate of drug-likeness (QED) is 0.818. The minimum Gasteiger partial charge on any atom is -0.318 e. The van der Waals surface area contributed by atoms with Crippen LogP contribution < -0.4 is 5.32 Å². The smallest absolute Gasteiger partial charge is 0.0544 e. The molecule has 0 aliphatic heterocycles. The molecule has 1 N–H and O–H groups in total. The van der Waals surface area contributed by atoms with Crippen molar-refractivity contribution in [2.24, 2.45) is 0 Å². The Bertz CT molecular complexity index is 417. The van der Waals surface area contributed by atoms with Crippen LogP contribution in [-0.4, -0.2) is 35.0 Å². The molecule has 0 fully saturated rings. The van der Waals surface area contributed by atoms with Crippen LogP contribution in [0.25, 0.3) is 0 Å². The van der Waals surface area contributed by atoms with Gasteiger partial charge in [0, 0.05) is 38.6 Å². The van der Waals surface area contributed by atoms with E-state index in [0.717, 1.165) is 37.6 Å². The maximum atomic E-state index is 4.39. The predicted molar refractivity (Wildman–Crippen MR) is 76.5 cm³/mol. The molecule has 0 bridgehead atoms. The summed E-state index contributed by atoms with van der Waals surface area (Å²) in [7, 11) is 1.97. The van der Waals surface area contributed by atoms with Gasteiger partial charge in [-0.05, 0) is 31.3 Å². The highest BCUT2D eigenvalue weighted by atomic mass is 15.1. The van der Waals surface area contributed by atoms with Gasteiger partial charge < -0.3 is 5.32 Å². The number of aromatic nitrogens is 2. The zero-order valence-corrected chi connectivity index (χ0v) is 11.3. The van der Waals surface area contributed by atoms with E-state index < -0.39 is 0 Å². The molecule has 2 aromatic heterocycles. The molecule has 19 heavy (non-hydrogen) atoms. The molecule has 2 heterocycles. The Balaban J connectivity index is 1.99. The largest absolute Gasteiger partial charge is 0.318 e. The van der Waals surface area contributed by atoms with Crippen LogP contribution in [0, 0.1) is 0 Å². The average molecular weight is 256 g/mol. The van der Waals surface area contributed by atoms with Crippen molar-refractivity contribution >= 4 is 0 Å².